The average molecular weight is 179 g/mol. The molecule has 13 heavy (non-hydrogen) atoms. The predicted molar refractivity (Wildman–Crippen MR) is 48.8 cm³/mol. The van der Waals surface area contributed by atoms with Crippen LogP contribution in [0.3, 0.4) is 0 Å². The summed E-state index contributed by atoms with van der Waals surface area (Å²) in [6, 6.07) is 10.3. The van der Waals surface area contributed by atoms with E-state index in [1.165, 1.54) is 5.56 Å². The monoisotopic (exact) mass is 179 g/mol. The molecule has 0 aromatic heterocycles. The van der Waals surface area contributed by atoms with Gasteiger partial charge in [0.15, 0.2) is 0 Å². The van der Waals surface area contributed by atoms with E-state index >= 15 is 0 Å². The topological polar surface area (TPSA) is 32.7 Å². The zero-order chi connectivity index (χ0) is 9.10. The Kier molecular flexibility index (Phi) is 2.59. The second kappa shape index (κ2) is 3.87. The SMILES string of the molecule is OCC1CON1Cc1ccccc1. The number of hydroxylamine groups is 2. The quantitative estimate of drug-likeness (QED) is 0.744. The van der Waals surface area contributed by atoms with Crippen molar-refractivity contribution in [3.05, 3.63) is 35.9 Å². The molecular formula is C10H13NO2. The molecule has 0 saturated carbocycles. The molecule has 0 bridgehead atoms. The molecule has 1 N–H and O–H groups in total. The van der Waals surface area contributed by atoms with Crippen molar-refractivity contribution in [2.24, 2.45) is 0 Å². The zero-order valence-electron chi connectivity index (χ0n) is 7.39. The van der Waals surface area contributed by atoms with E-state index in [-0.39, 0.29) is 12.6 Å². The summed E-state index contributed by atoms with van der Waals surface area (Å²) in [5, 5.41) is 10.7. The highest BCUT2D eigenvalue weighted by Crippen LogP contribution is 2.16. The molecule has 0 amide bonds. The fourth-order valence-corrected chi connectivity index (χ4v) is 1.37. The molecule has 1 aromatic rings. The normalized spacial score (nSPS) is 22.7. The van der Waals surface area contributed by atoms with E-state index in [1.807, 2.05) is 23.3 Å². The van der Waals surface area contributed by atoms with E-state index in [4.69, 9.17) is 9.94 Å². The Hall–Kier alpha value is -0.900. The summed E-state index contributed by atoms with van der Waals surface area (Å²) < 4.78 is 0. The standard InChI is InChI=1S/C10H13NO2/c12-7-10-8-13-11(10)6-9-4-2-1-3-5-9/h1-5,10,12H,6-8H2. The number of benzene rings is 1. The Labute approximate surface area is 77.5 Å². The lowest BCUT2D eigenvalue weighted by Crippen LogP contribution is -2.51. The van der Waals surface area contributed by atoms with Gasteiger partial charge in [-0.25, -0.2) is 0 Å². The molecule has 3 heteroatoms. The molecule has 1 aliphatic rings. The van der Waals surface area contributed by atoms with Crippen LogP contribution in [-0.4, -0.2) is 29.4 Å². The molecule has 1 unspecified atom stereocenters. The summed E-state index contributed by atoms with van der Waals surface area (Å²) in [7, 11) is 0. The fraction of sp³-hybridized carbons (Fsp3) is 0.400. The van der Waals surface area contributed by atoms with Gasteiger partial charge < -0.3 is 5.11 Å². The van der Waals surface area contributed by atoms with Crippen LogP contribution in [0.4, 0.5) is 0 Å². The van der Waals surface area contributed by atoms with Gasteiger partial charge in [0.1, 0.15) is 0 Å². The minimum Gasteiger partial charge on any atom is -0.395 e. The smallest absolute Gasteiger partial charge is 0.0886 e. The number of nitrogens with zero attached hydrogens (tertiary/aromatic N) is 1. The molecular weight excluding hydrogens is 166 g/mol. The summed E-state index contributed by atoms with van der Waals surface area (Å²) in [6.45, 7) is 1.57. The van der Waals surface area contributed by atoms with Crippen LogP contribution in [0, 0.1) is 0 Å². The van der Waals surface area contributed by atoms with Gasteiger partial charge in [-0.1, -0.05) is 30.3 Å². The molecule has 0 aliphatic carbocycles. The Morgan fingerprint density at radius 1 is 1.38 bits per heavy atom. The van der Waals surface area contributed by atoms with Gasteiger partial charge in [-0.05, 0) is 5.56 Å². The van der Waals surface area contributed by atoms with Crippen LogP contribution in [0.15, 0.2) is 30.3 Å². The van der Waals surface area contributed by atoms with Crippen LogP contribution in [-0.2, 0) is 11.4 Å². The summed E-state index contributed by atoms with van der Waals surface area (Å²) in [6.07, 6.45) is 0. The number of aliphatic hydroxyl groups excluding tert-OH is 1. The fourth-order valence-electron chi connectivity index (χ4n) is 1.37. The lowest BCUT2D eigenvalue weighted by molar-refractivity contribution is -0.302. The molecule has 2 rings (SSSR count). The molecule has 1 atom stereocenters. The van der Waals surface area contributed by atoms with Gasteiger partial charge in [0.05, 0.1) is 19.3 Å². The van der Waals surface area contributed by atoms with E-state index in [2.05, 4.69) is 12.1 Å². The van der Waals surface area contributed by atoms with Crippen molar-refractivity contribution in [3.8, 4) is 0 Å². The third-order valence-electron chi connectivity index (χ3n) is 2.23. The molecule has 1 saturated heterocycles. The zero-order valence-corrected chi connectivity index (χ0v) is 7.39. The summed E-state index contributed by atoms with van der Waals surface area (Å²) in [5.74, 6) is 0. The number of aliphatic hydroxyl groups is 1. The van der Waals surface area contributed by atoms with E-state index in [9.17, 15) is 0 Å². The van der Waals surface area contributed by atoms with Crippen molar-refractivity contribution >= 4 is 0 Å². The van der Waals surface area contributed by atoms with Gasteiger partial charge in [-0.3, -0.25) is 4.84 Å². The van der Waals surface area contributed by atoms with E-state index < -0.39 is 0 Å². The van der Waals surface area contributed by atoms with Crippen LogP contribution >= 0.6 is 0 Å². The van der Waals surface area contributed by atoms with Crippen LogP contribution in [0.25, 0.3) is 0 Å². The highest BCUT2D eigenvalue weighted by Gasteiger charge is 2.28. The van der Waals surface area contributed by atoms with Gasteiger partial charge >= 0.3 is 0 Å². The number of hydrogen-bond donors (Lipinski definition) is 1. The highest BCUT2D eigenvalue weighted by atomic mass is 16.7. The lowest BCUT2D eigenvalue weighted by Gasteiger charge is -2.38. The van der Waals surface area contributed by atoms with Crippen molar-refractivity contribution in [1.29, 1.82) is 0 Å². The van der Waals surface area contributed by atoms with Gasteiger partial charge in [0.2, 0.25) is 0 Å². The molecule has 1 heterocycles. The Balaban J connectivity index is 1.92. The first-order chi connectivity index (χ1) is 6.40. The first kappa shape index (κ1) is 8.69. The highest BCUT2D eigenvalue weighted by molar-refractivity contribution is 5.14. The van der Waals surface area contributed by atoms with E-state index in [0.717, 1.165) is 6.54 Å². The Morgan fingerprint density at radius 3 is 2.69 bits per heavy atom. The number of rotatable bonds is 3. The van der Waals surface area contributed by atoms with Crippen molar-refractivity contribution in [1.82, 2.24) is 5.06 Å². The minimum absolute atomic E-state index is 0.173. The van der Waals surface area contributed by atoms with Crippen molar-refractivity contribution < 1.29 is 9.94 Å². The molecule has 0 spiro atoms. The molecule has 1 aromatic carbocycles. The molecule has 0 radical (unpaired) electrons. The first-order valence-electron chi connectivity index (χ1n) is 4.44. The molecule has 70 valence electrons. The third-order valence-corrected chi connectivity index (χ3v) is 2.23. The Bertz CT molecular complexity index is 261. The van der Waals surface area contributed by atoms with E-state index in [0.29, 0.717) is 6.61 Å². The molecule has 1 fully saturated rings. The van der Waals surface area contributed by atoms with Gasteiger partial charge in [-0.15, -0.1) is 0 Å². The third kappa shape index (κ3) is 1.88. The minimum atomic E-state index is 0.173. The summed E-state index contributed by atoms with van der Waals surface area (Å²) in [5.41, 5.74) is 1.21. The van der Waals surface area contributed by atoms with Crippen LogP contribution in [0.5, 0.6) is 0 Å². The van der Waals surface area contributed by atoms with E-state index in [1.54, 1.807) is 0 Å². The van der Waals surface area contributed by atoms with Crippen molar-refractivity contribution in [3.63, 3.8) is 0 Å². The summed E-state index contributed by atoms with van der Waals surface area (Å²) in [4.78, 5) is 5.21. The number of hydrogen-bond acceptors (Lipinski definition) is 3. The van der Waals surface area contributed by atoms with Crippen LogP contribution in [0.2, 0.25) is 0 Å². The van der Waals surface area contributed by atoms with Crippen molar-refractivity contribution in [2.45, 2.75) is 12.6 Å². The predicted octanol–water partition coefficient (Wildman–Crippen LogP) is 0.795. The van der Waals surface area contributed by atoms with Crippen molar-refractivity contribution in [2.75, 3.05) is 13.2 Å². The molecule has 3 nitrogen and oxygen atoms in total. The second-order valence-corrected chi connectivity index (χ2v) is 3.19. The largest absolute Gasteiger partial charge is 0.395 e. The van der Waals surface area contributed by atoms with Crippen LogP contribution in [0.1, 0.15) is 5.56 Å². The maximum Gasteiger partial charge on any atom is 0.0886 e. The maximum atomic E-state index is 8.91. The Morgan fingerprint density at radius 2 is 2.15 bits per heavy atom. The second-order valence-electron chi connectivity index (χ2n) is 3.19. The lowest BCUT2D eigenvalue weighted by atomic mass is 10.2. The summed E-state index contributed by atoms with van der Waals surface area (Å²) >= 11 is 0. The first-order valence-corrected chi connectivity index (χ1v) is 4.44. The average Bonchev–Trinajstić information content (AvgIpc) is 2.15. The van der Waals surface area contributed by atoms with Gasteiger partial charge in [0.25, 0.3) is 0 Å². The maximum absolute atomic E-state index is 8.91. The molecule has 1 aliphatic heterocycles. The van der Waals surface area contributed by atoms with Gasteiger partial charge in [-0.2, -0.15) is 5.06 Å². The van der Waals surface area contributed by atoms with Crippen LogP contribution < -0.4 is 0 Å². The van der Waals surface area contributed by atoms with Gasteiger partial charge in [0, 0.05) is 6.54 Å².